The fraction of sp³-hybridized carbons (Fsp3) is 0.529. The van der Waals surface area contributed by atoms with Gasteiger partial charge in [-0.2, -0.15) is 0 Å². The number of aliphatic imine (C=N–C) groups is 1. The second-order valence-corrected chi connectivity index (χ2v) is 5.60. The molecule has 2 rings (SSSR count). The number of guanidine groups is 1. The Kier molecular flexibility index (Phi) is 8.98. The Labute approximate surface area is 155 Å². The molecule has 128 valence electrons. The Bertz CT molecular complexity index is 510. The number of nitrogens with one attached hydrogen (secondary N) is 3. The molecule has 1 aliphatic carbocycles. The number of halogens is 1. The third-order valence-electron chi connectivity index (χ3n) is 3.90. The number of hydrogen-bond acceptors (Lipinski definition) is 2. The maximum atomic E-state index is 11.5. The van der Waals surface area contributed by atoms with Crippen LogP contribution in [0.5, 0.6) is 0 Å². The molecule has 1 fully saturated rings. The zero-order valence-electron chi connectivity index (χ0n) is 13.9. The molecule has 1 saturated carbocycles. The number of benzene rings is 1. The number of hydrogen-bond donors (Lipinski definition) is 3. The second-order valence-electron chi connectivity index (χ2n) is 5.60. The summed E-state index contributed by atoms with van der Waals surface area (Å²) in [4.78, 5) is 16.1. The van der Waals surface area contributed by atoms with Crippen LogP contribution in [0.15, 0.2) is 29.3 Å². The summed E-state index contributed by atoms with van der Waals surface area (Å²) in [7, 11) is 1.64. The normalized spacial score (nSPS) is 15.0. The lowest BCUT2D eigenvalue weighted by atomic mass is 10.1. The van der Waals surface area contributed by atoms with Crippen LogP contribution in [0.2, 0.25) is 0 Å². The highest BCUT2D eigenvalue weighted by atomic mass is 127. The van der Waals surface area contributed by atoms with Crippen LogP contribution in [0.25, 0.3) is 0 Å². The first-order valence-corrected chi connectivity index (χ1v) is 8.08. The average Bonchev–Trinajstić information content (AvgIpc) is 3.05. The number of amides is 1. The molecule has 0 atom stereocenters. The van der Waals surface area contributed by atoms with E-state index >= 15 is 0 Å². The van der Waals surface area contributed by atoms with Crippen molar-refractivity contribution < 1.29 is 4.79 Å². The minimum Gasteiger partial charge on any atom is -0.357 e. The fourth-order valence-electron chi connectivity index (χ4n) is 2.66. The standard InChI is InChI=1S/C17H26N4O.HI/c1-3-19-17(21-15-6-4-5-7-15)20-12-13-8-10-14(11-9-13)16(22)18-2;/h8-11,15H,3-7,12H2,1-2H3,(H,18,22)(H2,19,20,21);1H. The lowest BCUT2D eigenvalue weighted by Crippen LogP contribution is -2.42. The van der Waals surface area contributed by atoms with Crippen molar-refractivity contribution in [2.24, 2.45) is 4.99 Å². The van der Waals surface area contributed by atoms with E-state index in [2.05, 4.69) is 27.9 Å². The monoisotopic (exact) mass is 430 g/mol. The van der Waals surface area contributed by atoms with Crippen molar-refractivity contribution in [3.8, 4) is 0 Å². The van der Waals surface area contributed by atoms with Crippen LogP contribution >= 0.6 is 24.0 Å². The van der Waals surface area contributed by atoms with Gasteiger partial charge in [-0.25, -0.2) is 4.99 Å². The van der Waals surface area contributed by atoms with Gasteiger partial charge in [0.05, 0.1) is 6.54 Å². The Morgan fingerprint density at radius 2 is 1.87 bits per heavy atom. The Hall–Kier alpha value is -1.31. The minimum absolute atomic E-state index is 0. The summed E-state index contributed by atoms with van der Waals surface area (Å²) in [6.07, 6.45) is 5.06. The summed E-state index contributed by atoms with van der Waals surface area (Å²) in [6.45, 7) is 3.54. The van der Waals surface area contributed by atoms with Gasteiger partial charge in [0, 0.05) is 25.2 Å². The molecule has 6 heteroatoms. The molecule has 0 heterocycles. The minimum atomic E-state index is -0.0636. The number of rotatable bonds is 5. The third-order valence-corrected chi connectivity index (χ3v) is 3.90. The van der Waals surface area contributed by atoms with Gasteiger partial charge in [-0.1, -0.05) is 25.0 Å². The van der Waals surface area contributed by atoms with Gasteiger partial charge in [0.15, 0.2) is 5.96 Å². The van der Waals surface area contributed by atoms with Crippen LogP contribution in [0.1, 0.15) is 48.5 Å². The number of carbonyl (C=O) groups is 1. The lowest BCUT2D eigenvalue weighted by molar-refractivity contribution is 0.0963. The average molecular weight is 430 g/mol. The highest BCUT2D eigenvalue weighted by Crippen LogP contribution is 2.17. The molecule has 0 saturated heterocycles. The molecule has 0 unspecified atom stereocenters. The van der Waals surface area contributed by atoms with Crippen LogP contribution in [-0.4, -0.2) is 31.5 Å². The molecular formula is C17H27IN4O. The molecule has 3 N–H and O–H groups in total. The lowest BCUT2D eigenvalue weighted by Gasteiger charge is -2.16. The second kappa shape index (κ2) is 10.5. The van der Waals surface area contributed by atoms with E-state index in [0.29, 0.717) is 18.2 Å². The van der Waals surface area contributed by atoms with E-state index < -0.39 is 0 Å². The number of nitrogens with zero attached hydrogens (tertiary/aromatic N) is 1. The van der Waals surface area contributed by atoms with Crippen molar-refractivity contribution >= 4 is 35.8 Å². The van der Waals surface area contributed by atoms with E-state index in [1.165, 1.54) is 25.7 Å². The van der Waals surface area contributed by atoms with Crippen molar-refractivity contribution in [2.45, 2.75) is 45.2 Å². The van der Waals surface area contributed by atoms with Crippen LogP contribution in [-0.2, 0) is 6.54 Å². The number of carbonyl (C=O) groups excluding carboxylic acids is 1. The van der Waals surface area contributed by atoms with Crippen molar-refractivity contribution in [2.75, 3.05) is 13.6 Å². The molecular weight excluding hydrogens is 403 g/mol. The molecule has 1 aromatic rings. The summed E-state index contributed by atoms with van der Waals surface area (Å²) in [6, 6.07) is 8.12. The van der Waals surface area contributed by atoms with Crippen LogP contribution < -0.4 is 16.0 Å². The summed E-state index contributed by atoms with van der Waals surface area (Å²) in [5.41, 5.74) is 1.77. The zero-order valence-corrected chi connectivity index (χ0v) is 16.2. The molecule has 5 nitrogen and oxygen atoms in total. The summed E-state index contributed by atoms with van der Waals surface area (Å²) >= 11 is 0. The van der Waals surface area contributed by atoms with Crippen LogP contribution in [0.4, 0.5) is 0 Å². The quantitative estimate of drug-likeness (QED) is 0.383. The molecule has 0 spiro atoms. The van der Waals surface area contributed by atoms with E-state index in [9.17, 15) is 4.79 Å². The van der Waals surface area contributed by atoms with Crippen LogP contribution in [0.3, 0.4) is 0 Å². The van der Waals surface area contributed by atoms with Crippen LogP contribution in [0, 0.1) is 0 Å². The first-order valence-electron chi connectivity index (χ1n) is 8.08. The highest BCUT2D eigenvalue weighted by Gasteiger charge is 2.15. The summed E-state index contributed by atoms with van der Waals surface area (Å²) in [5, 5.41) is 9.42. The molecule has 23 heavy (non-hydrogen) atoms. The van der Waals surface area contributed by atoms with Gasteiger partial charge < -0.3 is 16.0 Å². The van der Waals surface area contributed by atoms with Gasteiger partial charge in [0.2, 0.25) is 0 Å². The maximum Gasteiger partial charge on any atom is 0.251 e. The molecule has 0 bridgehead atoms. The van der Waals surface area contributed by atoms with Crippen molar-refractivity contribution in [3.63, 3.8) is 0 Å². The zero-order chi connectivity index (χ0) is 15.8. The van der Waals surface area contributed by atoms with Gasteiger partial charge in [-0.05, 0) is 37.5 Å². The largest absolute Gasteiger partial charge is 0.357 e. The van der Waals surface area contributed by atoms with E-state index in [0.717, 1.165) is 18.1 Å². The molecule has 1 aliphatic rings. The topological polar surface area (TPSA) is 65.5 Å². The first-order chi connectivity index (χ1) is 10.7. The Morgan fingerprint density at radius 3 is 2.43 bits per heavy atom. The highest BCUT2D eigenvalue weighted by molar-refractivity contribution is 14.0. The van der Waals surface area contributed by atoms with E-state index in [1.807, 2.05) is 24.3 Å². The molecule has 1 amide bonds. The predicted molar refractivity (Wildman–Crippen MR) is 105 cm³/mol. The molecule has 1 aromatic carbocycles. The first kappa shape index (κ1) is 19.7. The smallest absolute Gasteiger partial charge is 0.251 e. The van der Waals surface area contributed by atoms with Gasteiger partial charge in [0.1, 0.15) is 0 Å². The third kappa shape index (κ3) is 6.37. The van der Waals surface area contributed by atoms with E-state index in [-0.39, 0.29) is 29.9 Å². The van der Waals surface area contributed by atoms with Crippen molar-refractivity contribution in [1.29, 1.82) is 0 Å². The molecule has 0 radical (unpaired) electrons. The summed E-state index contributed by atoms with van der Waals surface area (Å²) < 4.78 is 0. The van der Waals surface area contributed by atoms with E-state index in [4.69, 9.17) is 0 Å². The van der Waals surface area contributed by atoms with Crippen molar-refractivity contribution in [1.82, 2.24) is 16.0 Å². The van der Waals surface area contributed by atoms with Gasteiger partial charge in [-0.15, -0.1) is 24.0 Å². The SMILES string of the molecule is CCNC(=NCc1ccc(C(=O)NC)cc1)NC1CCCC1.I. The van der Waals surface area contributed by atoms with Gasteiger partial charge >= 0.3 is 0 Å². The Morgan fingerprint density at radius 1 is 1.22 bits per heavy atom. The predicted octanol–water partition coefficient (Wildman–Crippen LogP) is 2.66. The molecule has 0 aliphatic heterocycles. The van der Waals surface area contributed by atoms with E-state index in [1.54, 1.807) is 7.05 Å². The van der Waals surface area contributed by atoms with Gasteiger partial charge in [-0.3, -0.25) is 4.79 Å². The molecule has 0 aromatic heterocycles. The summed E-state index contributed by atoms with van der Waals surface area (Å²) in [5.74, 6) is 0.816. The Balaban J connectivity index is 0.00000264. The van der Waals surface area contributed by atoms with Gasteiger partial charge in [0.25, 0.3) is 5.91 Å². The van der Waals surface area contributed by atoms with Crippen molar-refractivity contribution in [3.05, 3.63) is 35.4 Å². The maximum absolute atomic E-state index is 11.5. The fourth-order valence-corrected chi connectivity index (χ4v) is 2.66.